The molecule has 0 saturated carbocycles. The molecule has 0 saturated heterocycles. The van der Waals surface area contributed by atoms with Crippen LogP contribution >= 0.6 is 0 Å². The number of hydrogen-bond acceptors (Lipinski definition) is 2. The van der Waals surface area contributed by atoms with Crippen molar-refractivity contribution in [2.24, 2.45) is 0 Å². The molecule has 3 nitrogen and oxygen atoms in total. The fourth-order valence-corrected chi connectivity index (χ4v) is 3.43. The molecule has 0 heterocycles. The molecule has 2 aromatic rings. The van der Waals surface area contributed by atoms with Crippen LogP contribution in [0.1, 0.15) is 18.5 Å². The fourth-order valence-electron chi connectivity index (χ4n) is 2.03. The molecule has 0 bridgehead atoms. The van der Waals surface area contributed by atoms with E-state index in [1.165, 1.54) is 43.4 Å². The second kappa shape index (κ2) is 5.91. The van der Waals surface area contributed by atoms with Crippen molar-refractivity contribution in [1.29, 1.82) is 0 Å². The van der Waals surface area contributed by atoms with Gasteiger partial charge in [0, 0.05) is 18.7 Å². The van der Waals surface area contributed by atoms with E-state index < -0.39 is 32.6 Å². The molecule has 1 unspecified atom stereocenters. The van der Waals surface area contributed by atoms with Crippen LogP contribution in [-0.4, -0.2) is 19.8 Å². The molecule has 0 aromatic heterocycles. The van der Waals surface area contributed by atoms with Crippen LogP contribution in [0.2, 0.25) is 0 Å². The molecule has 0 spiro atoms. The smallest absolute Gasteiger partial charge is 0.207 e. The maximum atomic E-state index is 13.8. The first-order valence-corrected chi connectivity index (χ1v) is 7.76. The van der Waals surface area contributed by atoms with E-state index in [0.717, 1.165) is 10.4 Å². The van der Waals surface area contributed by atoms with Crippen molar-refractivity contribution >= 4 is 10.0 Å². The molecule has 0 radical (unpaired) electrons. The maximum Gasteiger partial charge on any atom is 0.246 e. The van der Waals surface area contributed by atoms with E-state index in [4.69, 9.17) is 0 Å². The van der Waals surface area contributed by atoms with Crippen LogP contribution in [0.25, 0.3) is 0 Å². The van der Waals surface area contributed by atoms with Crippen molar-refractivity contribution in [3.8, 4) is 0 Å². The van der Waals surface area contributed by atoms with Crippen molar-refractivity contribution < 1.29 is 17.2 Å². The van der Waals surface area contributed by atoms with Crippen LogP contribution in [0, 0.1) is 11.6 Å². The summed E-state index contributed by atoms with van der Waals surface area (Å²) >= 11 is 0. The Bertz CT molecular complexity index is 747. The van der Waals surface area contributed by atoms with Crippen molar-refractivity contribution in [2.45, 2.75) is 17.9 Å². The van der Waals surface area contributed by atoms with Gasteiger partial charge in [-0.1, -0.05) is 30.3 Å². The van der Waals surface area contributed by atoms with Crippen molar-refractivity contribution in [3.63, 3.8) is 0 Å². The minimum Gasteiger partial charge on any atom is -0.207 e. The molecule has 6 heteroatoms. The van der Waals surface area contributed by atoms with Crippen LogP contribution in [0.5, 0.6) is 0 Å². The number of nitrogens with zero attached hydrogens (tertiary/aromatic N) is 1. The summed E-state index contributed by atoms with van der Waals surface area (Å²) in [6, 6.07) is 10.3. The van der Waals surface area contributed by atoms with E-state index in [2.05, 4.69) is 0 Å². The average molecular weight is 311 g/mol. The predicted molar refractivity (Wildman–Crippen MR) is 76.2 cm³/mol. The second-order valence-electron chi connectivity index (χ2n) is 4.65. The summed E-state index contributed by atoms with van der Waals surface area (Å²) in [6.07, 6.45) is 0. The van der Waals surface area contributed by atoms with Crippen molar-refractivity contribution in [2.75, 3.05) is 7.05 Å². The predicted octanol–water partition coefficient (Wildman–Crippen LogP) is 3.35. The molecule has 0 aliphatic heterocycles. The molecule has 112 valence electrons. The van der Waals surface area contributed by atoms with Gasteiger partial charge in [0.2, 0.25) is 10.0 Å². The largest absolute Gasteiger partial charge is 0.246 e. The third-order valence-electron chi connectivity index (χ3n) is 3.39. The maximum absolute atomic E-state index is 13.8. The lowest BCUT2D eigenvalue weighted by Gasteiger charge is -2.25. The van der Waals surface area contributed by atoms with Crippen LogP contribution in [0.15, 0.2) is 53.4 Å². The first kappa shape index (κ1) is 15.6. The van der Waals surface area contributed by atoms with Crippen LogP contribution < -0.4 is 0 Å². The normalized spacial score (nSPS) is 13.4. The summed E-state index contributed by atoms with van der Waals surface area (Å²) in [7, 11) is -2.74. The van der Waals surface area contributed by atoms with Gasteiger partial charge in [0.05, 0.1) is 0 Å². The molecule has 1 atom stereocenters. The summed E-state index contributed by atoms with van der Waals surface area (Å²) in [6.45, 7) is 1.55. The van der Waals surface area contributed by atoms with E-state index >= 15 is 0 Å². The Morgan fingerprint density at radius 3 is 2.05 bits per heavy atom. The summed E-state index contributed by atoms with van der Waals surface area (Å²) in [5.41, 5.74) is 0.236. The highest BCUT2D eigenvalue weighted by molar-refractivity contribution is 7.89. The first-order valence-electron chi connectivity index (χ1n) is 6.32. The van der Waals surface area contributed by atoms with Gasteiger partial charge in [-0.25, -0.2) is 17.2 Å². The summed E-state index contributed by atoms with van der Waals surface area (Å²) in [4.78, 5) is -0.421. The lowest BCUT2D eigenvalue weighted by atomic mass is 10.1. The van der Waals surface area contributed by atoms with Gasteiger partial charge in [0.25, 0.3) is 0 Å². The molecule has 0 aliphatic carbocycles. The number of halogens is 2. The van der Waals surface area contributed by atoms with Gasteiger partial charge < -0.3 is 0 Å². The summed E-state index contributed by atoms with van der Waals surface area (Å²) in [5.74, 6) is -1.33. The molecule has 2 rings (SSSR count). The zero-order valence-electron chi connectivity index (χ0n) is 11.6. The molecular weight excluding hydrogens is 296 g/mol. The third-order valence-corrected chi connectivity index (χ3v) is 5.36. The highest BCUT2D eigenvalue weighted by Crippen LogP contribution is 2.28. The Kier molecular flexibility index (Phi) is 4.39. The highest BCUT2D eigenvalue weighted by Gasteiger charge is 2.29. The van der Waals surface area contributed by atoms with E-state index in [1.54, 1.807) is 13.0 Å². The molecular formula is C15H15F2NO2S. The van der Waals surface area contributed by atoms with Gasteiger partial charge in [-0.05, 0) is 25.1 Å². The Morgan fingerprint density at radius 2 is 1.48 bits per heavy atom. The van der Waals surface area contributed by atoms with Gasteiger partial charge in [-0.15, -0.1) is 0 Å². The highest BCUT2D eigenvalue weighted by atomic mass is 32.2. The molecule has 0 aliphatic rings. The first-order chi connectivity index (χ1) is 9.85. The quantitative estimate of drug-likeness (QED) is 0.868. The summed E-state index contributed by atoms with van der Waals surface area (Å²) in [5, 5.41) is 0. The third kappa shape index (κ3) is 2.96. The van der Waals surface area contributed by atoms with E-state index in [9.17, 15) is 17.2 Å². The van der Waals surface area contributed by atoms with Crippen molar-refractivity contribution in [3.05, 3.63) is 65.7 Å². The zero-order valence-corrected chi connectivity index (χ0v) is 12.4. The van der Waals surface area contributed by atoms with Crippen LogP contribution in [0.4, 0.5) is 8.78 Å². The Morgan fingerprint density at radius 1 is 0.952 bits per heavy atom. The van der Waals surface area contributed by atoms with Gasteiger partial charge in [0.1, 0.15) is 16.5 Å². The van der Waals surface area contributed by atoms with E-state index in [-0.39, 0.29) is 5.56 Å². The van der Waals surface area contributed by atoms with Crippen molar-refractivity contribution in [1.82, 2.24) is 4.31 Å². The number of rotatable bonds is 4. The minimum absolute atomic E-state index is 0.236. The number of sulfonamides is 1. The van der Waals surface area contributed by atoms with Gasteiger partial charge in [-0.3, -0.25) is 0 Å². The average Bonchev–Trinajstić information content (AvgIpc) is 2.46. The molecule has 21 heavy (non-hydrogen) atoms. The van der Waals surface area contributed by atoms with Gasteiger partial charge in [0.15, 0.2) is 0 Å². The number of hydrogen-bond donors (Lipinski definition) is 0. The second-order valence-corrected chi connectivity index (χ2v) is 6.62. The Labute approximate surface area is 122 Å². The Balaban J connectivity index is 2.42. The monoisotopic (exact) mass is 311 g/mol. The van der Waals surface area contributed by atoms with E-state index in [0.29, 0.717) is 0 Å². The van der Waals surface area contributed by atoms with Gasteiger partial charge in [-0.2, -0.15) is 4.31 Å². The molecule has 0 fully saturated rings. The minimum atomic E-state index is -4.04. The SMILES string of the molecule is CC(c1ccccc1F)N(C)S(=O)(=O)c1ccccc1F. The lowest BCUT2D eigenvalue weighted by Crippen LogP contribution is -2.30. The molecule has 0 amide bonds. The topological polar surface area (TPSA) is 37.4 Å². The molecule has 2 aromatic carbocycles. The van der Waals surface area contributed by atoms with E-state index in [1.807, 2.05) is 0 Å². The summed E-state index contributed by atoms with van der Waals surface area (Å²) < 4.78 is 53.3. The molecule has 0 N–H and O–H groups in total. The number of benzene rings is 2. The van der Waals surface area contributed by atoms with Crippen LogP contribution in [-0.2, 0) is 10.0 Å². The van der Waals surface area contributed by atoms with Crippen LogP contribution in [0.3, 0.4) is 0 Å². The Hall–Kier alpha value is -1.79. The lowest BCUT2D eigenvalue weighted by molar-refractivity contribution is 0.385. The van der Waals surface area contributed by atoms with Gasteiger partial charge >= 0.3 is 0 Å². The standard InChI is InChI=1S/C15H15F2NO2S/c1-11(12-7-3-4-8-13(12)16)18(2)21(19,20)15-10-6-5-9-14(15)17/h3-11H,1-2H3. The zero-order chi connectivity index (χ0) is 15.6. The fraction of sp³-hybridized carbons (Fsp3) is 0.200.